The van der Waals surface area contributed by atoms with Crippen LogP contribution >= 0.6 is 11.3 Å². The molecular weight excluding hydrogens is 286 g/mol. The number of amides is 1. The first-order valence-corrected chi connectivity index (χ1v) is 8.12. The van der Waals surface area contributed by atoms with Crippen LogP contribution < -0.4 is 11.1 Å². The Balaban J connectivity index is 1.57. The molecule has 3 N–H and O–H groups in total. The minimum atomic E-state index is 0.0678. The fraction of sp³-hybridized carbons (Fsp3) is 0.467. The molecule has 0 radical (unpaired) electrons. The zero-order valence-corrected chi connectivity index (χ0v) is 12.6. The van der Waals surface area contributed by atoms with Crippen LogP contribution in [0.1, 0.15) is 25.0 Å². The number of hydrogen-bond donors (Lipinski definition) is 2. The van der Waals surface area contributed by atoms with Crippen LogP contribution in [0.25, 0.3) is 10.8 Å². The normalized spacial score (nSPS) is 21.6. The van der Waals surface area contributed by atoms with Crippen molar-refractivity contribution in [2.75, 3.05) is 6.54 Å². The second-order valence-electron chi connectivity index (χ2n) is 5.37. The molecule has 2 aromatic rings. The maximum atomic E-state index is 12.2. The van der Waals surface area contributed by atoms with Gasteiger partial charge in [-0.1, -0.05) is 6.42 Å². The van der Waals surface area contributed by atoms with Gasteiger partial charge in [-0.25, -0.2) is 4.98 Å². The zero-order valence-electron chi connectivity index (χ0n) is 11.7. The Bertz CT molecular complexity index is 594. The van der Waals surface area contributed by atoms with Gasteiger partial charge in [-0.3, -0.25) is 4.79 Å². The summed E-state index contributed by atoms with van der Waals surface area (Å²) >= 11 is 1.52. The summed E-state index contributed by atoms with van der Waals surface area (Å²) in [5.41, 5.74) is 6.59. The largest absolute Gasteiger partial charge is 0.462 e. The Labute approximate surface area is 127 Å². The number of nitrogens with two attached hydrogens (primary N) is 1. The number of hydrogen-bond acceptors (Lipinski definition) is 5. The molecule has 0 unspecified atom stereocenters. The number of furan rings is 1. The predicted octanol–water partition coefficient (Wildman–Crippen LogP) is 2.39. The van der Waals surface area contributed by atoms with Crippen molar-refractivity contribution < 1.29 is 9.21 Å². The van der Waals surface area contributed by atoms with E-state index in [9.17, 15) is 4.79 Å². The summed E-state index contributed by atoms with van der Waals surface area (Å²) in [6.45, 7) is 1.06. The van der Waals surface area contributed by atoms with Crippen LogP contribution in [0, 0.1) is 11.8 Å². The molecule has 2 aromatic heterocycles. The van der Waals surface area contributed by atoms with Gasteiger partial charge >= 0.3 is 0 Å². The van der Waals surface area contributed by atoms with Crippen molar-refractivity contribution in [3.8, 4) is 10.8 Å². The van der Waals surface area contributed by atoms with Gasteiger partial charge in [0.15, 0.2) is 10.8 Å². The van der Waals surface area contributed by atoms with Crippen LogP contribution in [0.4, 0.5) is 0 Å². The van der Waals surface area contributed by atoms with Crippen LogP contribution in [0.15, 0.2) is 28.2 Å². The molecule has 1 fully saturated rings. The summed E-state index contributed by atoms with van der Waals surface area (Å²) in [5.74, 6) is 1.27. The van der Waals surface area contributed by atoms with Crippen molar-refractivity contribution in [2.45, 2.75) is 25.8 Å². The highest BCUT2D eigenvalue weighted by Crippen LogP contribution is 2.31. The number of nitrogens with one attached hydrogen (secondary N) is 1. The number of rotatable bonds is 5. The summed E-state index contributed by atoms with van der Waals surface area (Å²) in [4.78, 5) is 16.7. The molecule has 112 valence electrons. The van der Waals surface area contributed by atoms with Gasteiger partial charge < -0.3 is 15.5 Å². The van der Waals surface area contributed by atoms with Crippen molar-refractivity contribution in [3.05, 3.63) is 29.5 Å². The third-order valence-electron chi connectivity index (χ3n) is 4.03. The van der Waals surface area contributed by atoms with Crippen molar-refractivity contribution in [2.24, 2.45) is 17.6 Å². The highest BCUT2D eigenvalue weighted by atomic mass is 32.1. The SMILES string of the molecule is NC[C@H]1CCC[C@H]1C(=O)NCc1csc(-c2ccco2)n1. The van der Waals surface area contributed by atoms with Crippen LogP contribution in [0.5, 0.6) is 0 Å². The Morgan fingerprint density at radius 2 is 2.43 bits per heavy atom. The Kier molecular flexibility index (Phi) is 4.36. The standard InChI is InChI=1S/C15H19N3O2S/c16-7-10-3-1-4-12(10)14(19)17-8-11-9-21-15(18-11)13-5-2-6-20-13/h2,5-6,9-10,12H,1,3-4,7-8,16H2,(H,17,19)/t10-,12-/m1/s1. The molecule has 5 nitrogen and oxygen atoms in total. The summed E-state index contributed by atoms with van der Waals surface area (Å²) < 4.78 is 5.32. The number of carbonyl (C=O) groups is 1. The third-order valence-corrected chi connectivity index (χ3v) is 4.93. The van der Waals surface area contributed by atoms with Gasteiger partial charge in [0.2, 0.25) is 5.91 Å². The lowest BCUT2D eigenvalue weighted by molar-refractivity contribution is -0.126. The van der Waals surface area contributed by atoms with E-state index in [4.69, 9.17) is 10.2 Å². The molecule has 6 heteroatoms. The molecule has 2 atom stereocenters. The second kappa shape index (κ2) is 6.41. The summed E-state index contributed by atoms with van der Waals surface area (Å²) in [7, 11) is 0. The van der Waals surface area contributed by atoms with Gasteiger partial charge in [0.25, 0.3) is 0 Å². The first kappa shape index (κ1) is 14.3. The molecule has 0 bridgehead atoms. The van der Waals surface area contributed by atoms with Crippen molar-refractivity contribution in [3.63, 3.8) is 0 Å². The highest BCUT2D eigenvalue weighted by molar-refractivity contribution is 7.13. The molecule has 2 heterocycles. The van der Waals surface area contributed by atoms with E-state index < -0.39 is 0 Å². The summed E-state index contributed by atoms with van der Waals surface area (Å²) in [6, 6.07) is 3.72. The molecular formula is C15H19N3O2S. The van der Waals surface area contributed by atoms with Crippen molar-refractivity contribution >= 4 is 17.2 Å². The molecule has 21 heavy (non-hydrogen) atoms. The average Bonchev–Trinajstić information content (AvgIpc) is 3.24. The fourth-order valence-electron chi connectivity index (χ4n) is 2.87. The van der Waals surface area contributed by atoms with E-state index in [1.807, 2.05) is 17.5 Å². The maximum absolute atomic E-state index is 12.2. The Hall–Kier alpha value is -1.66. The minimum absolute atomic E-state index is 0.0678. The first-order chi connectivity index (χ1) is 10.3. The van der Waals surface area contributed by atoms with Gasteiger partial charge in [0, 0.05) is 11.3 Å². The molecule has 3 rings (SSSR count). The fourth-order valence-corrected chi connectivity index (χ4v) is 3.66. The highest BCUT2D eigenvalue weighted by Gasteiger charge is 2.31. The van der Waals surface area contributed by atoms with Gasteiger partial charge in [-0.05, 0) is 37.4 Å². The number of nitrogens with zero attached hydrogens (tertiary/aromatic N) is 1. The molecule has 0 aliphatic heterocycles. The quantitative estimate of drug-likeness (QED) is 0.888. The van der Waals surface area contributed by atoms with Crippen LogP contribution in [-0.4, -0.2) is 17.4 Å². The predicted molar refractivity (Wildman–Crippen MR) is 81.5 cm³/mol. The van der Waals surface area contributed by atoms with Gasteiger partial charge in [-0.2, -0.15) is 0 Å². The van der Waals surface area contributed by atoms with E-state index in [-0.39, 0.29) is 11.8 Å². The molecule has 1 aliphatic rings. The average molecular weight is 305 g/mol. The molecule has 0 spiro atoms. The second-order valence-corrected chi connectivity index (χ2v) is 6.23. The van der Waals surface area contributed by atoms with Crippen molar-refractivity contribution in [1.29, 1.82) is 0 Å². The van der Waals surface area contributed by atoms with Gasteiger partial charge in [0.05, 0.1) is 18.5 Å². The topological polar surface area (TPSA) is 81.2 Å². The number of carbonyl (C=O) groups excluding carboxylic acids is 1. The lowest BCUT2D eigenvalue weighted by Crippen LogP contribution is -2.34. The maximum Gasteiger partial charge on any atom is 0.223 e. The van der Waals surface area contributed by atoms with Gasteiger partial charge in [0.1, 0.15) is 0 Å². The molecule has 0 saturated heterocycles. The zero-order chi connectivity index (χ0) is 14.7. The Morgan fingerprint density at radius 3 is 3.19 bits per heavy atom. The molecule has 1 aliphatic carbocycles. The Morgan fingerprint density at radius 1 is 1.52 bits per heavy atom. The van der Waals surface area contributed by atoms with E-state index in [0.29, 0.717) is 19.0 Å². The monoisotopic (exact) mass is 305 g/mol. The van der Waals surface area contributed by atoms with Crippen LogP contribution in [-0.2, 0) is 11.3 Å². The number of thiazole rings is 1. The van der Waals surface area contributed by atoms with E-state index in [0.717, 1.165) is 35.7 Å². The summed E-state index contributed by atoms with van der Waals surface area (Å²) in [6.07, 6.45) is 4.74. The number of aromatic nitrogens is 1. The van der Waals surface area contributed by atoms with E-state index >= 15 is 0 Å². The van der Waals surface area contributed by atoms with Crippen molar-refractivity contribution in [1.82, 2.24) is 10.3 Å². The molecule has 1 amide bonds. The third kappa shape index (κ3) is 3.16. The molecule has 1 saturated carbocycles. The van der Waals surface area contributed by atoms with Crippen LogP contribution in [0.3, 0.4) is 0 Å². The lowest BCUT2D eigenvalue weighted by Gasteiger charge is -2.16. The van der Waals surface area contributed by atoms with Gasteiger partial charge in [-0.15, -0.1) is 11.3 Å². The minimum Gasteiger partial charge on any atom is -0.462 e. The van der Waals surface area contributed by atoms with E-state index in [1.165, 1.54) is 11.3 Å². The van der Waals surface area contributed by atoms with Crippen LogP contribution in [0.2, 0.25) is 0 Å². The first-order valence-electron chi connectivity index (χ1n) is 7.24. The van der Waals surface area contributed by atoms with E-state index in [2.05, 4.69) is 10.3 Å². The smallest absolute Gasteiger partial charge is 0.223 e. The molecule has 0 aromatic carbocycles. The summed E-state index contributed by atoms with van der Waals surface area (Å²) in [5, 5.41) is 5.77. The van der Waals surface area contributed by atoms with E-state index in [1.54, 1.807) is 6.26 Å². The lowest BCUT2D eigenvalue weighted by atomic mass is 9.95.